The standard InChI is InChI=1S/C18H16FNO5/c1-2-25-18(22)14-6-3-12(4-7-14)9-15(21)10-13-5-8-16(19)17(11-13)20(23)24/h3-8,11H,2,9-10H2,1H3. The Balaban J connectivity index is 2.02. The molecule has 0 atom stereocenters. The molecule has 0 saturated carbocycles. The van der Waals surface area contributed by atoms with Gasteiger partial charge in [0.15, 0.2) is 0 Å². The van der Waals surface area contributed by atoms with E-state index in [1.807, 2.05) is 0 Å². The number of carbonyl (C=O) groups is 2. The van der Waals surface area contributed by atoms with E-state index in [0.717, 1.165) is 12.1 Å². The summed E-state index contributed by atoms with van der Waals surface area (Å²) < 4.78 is 18.2. The Kier molecular flexibility index (Phi) is 5.94. The second-order valence-corrected chi connectivity index (χ2v) is 5.35. The molecule has 0 radical (unpaired) electrons. The molecule has 130 valence electrons. The van der Waals surface area contributed by atoms with Crippen LogP contribution in [0, 0.1) is 15.9 Å². The summed E-state index contributed by atoms with van der Waals surface area (Å²) in [5, 5.41) is 10.7. The summed E-state index contributed by atoms with van der Waals surface area (Å²) in [6.07, 6.45) is 0.0645. The van der Waals surface area contributed by atoms with Gasteiger partial charge in [-0.05, 0) is 36.2 Å². The maximum absolute atomic E-state index is 13.3. The third kappa shape index (κ3) is 4.94. The lowest BCUT2D eigenvalue weighted by atomic mass is 10.0. The van der Waals surface area contributed by atoms with Gasteiger partial charge in [0.05, 0.1) is 17.1 Å². The van der Waals surface area contributed by atoms with E-state index in [1.165, 1.54) is 6.07 Å². The molecule has 0 bridgehead atoms. The number of nitro benzene ring substituents is 1. The summed E-state index contributed by atoms with van der Waals surface area (Å²) >= 11 is 0. The van der Waals surface area contributed by atoms with Crippen molar-refractivity contribution >= 4 is 17.4 Å². The number of ether oxygens (including phenoxy) is 1. The molecule has 0 aromatic heterocycles. The summed E-state index contributed by atoms with van der Waals surface area (Å²) in [6, 6.07) is 9.84. The quantitative estimate of drug-likeness (QED) is 0.437. The van der Waals surface area contributed by atoms with E-state index in [1.54, 1.807) is 31.2 Å². The summed E-state index contributed by atoms with van der Waals surface area (Å²) in [4.78, 5) is 33.6. The number of rotatable bonds is 7. The second kappa shape index (κ2) is 8.14. The Morgan fingerprint density at radius 1 is 1.08 bits per heavy atom. The van der Waals surface area contributed by atoms with Crippen molar-refractivity contribution < 1.29 is 23.6 Å². The first-order valence-corrected chi connectivity index (χ1v) is 7.61. The first kappa shape index (κ1) is 18.3. The van der Waals surface area contributed by atoms with Gasteiger partial charge in [-0.25, -0.2) is 4.79 Å². The highest BCUT2D eigenvalue weighted by Gasteiger charge is 2.16. The molecule has 0 fully saturated rings. The Morgan fingerprint density at radius 2 is 1.68 bits per heavy atom. The Bertz CT molecular complexity index is 802. The Labute approximate surface area is 143 Å². The fraction of sp³-hybridized carbons (Fsp3) is 0.222. The molecule has 2 aromatic rings. The van der Waals surface area contributed by atoms with Gasteiger partial charge >= 0.3 is 11.7 Å². The number of Topliss-reactive ketones (excluding diaryl/α,β-unsaturated/α-hetero) is 1. The van der Waals surface area contributed by atoms with Crippen LogP contribution in [0.1, 0.15) is 28.4 Å². The molecule has 6 nitrogen and oxygen atoms in total. The molecule has 7 heteroatoms. The normalized spacial score (nSPS) is 10.3. The van der Waals surface area contributed by atoms with Crippen LogP contribution in [0.25, 0.3) is 0 Å². The SMILES string of the molecule is CCOC(=O)c1ccc(CC(=O)Cc2ccc(F)c([N+](=O)[O-])c2)cc1. The molecule has 0 saturated heterocycles. The van der Waals surface area contributed by atoms with E-state index in [-0.39, 0.29) is 25.2 Å². The average Bonchev–Trinajstić information content (AvgIpc) is 2.57. The zero-order valence-corrected chi connectivity index (χ0v) is 13.5. The number of halogens is 1. The maximum atomic E-state index is 13.3. The largest absolute Gasteiger partial charge is 0.462 e. The summed E-state index contributed by atoms with van der Waals surface area (Å²) in [5.41, 5.74) is 0.826. The van der Waals surface area contributed by atoms with Gasteiger partial charge in [0.2, 0.25) is 5.82 Å². The number of benzene rings is 2. The number of hydrogen-bond donors (Lipinski definition) is 0. The predicted octanol–water partition coefficient (Wildman–Crippen LogP) is 3.26. The number of esters is 1. The first-order chi connectivity index (χ1) is 11.9. The van der Waals surface area contributed by atoms with E-state index in [4.69, 9.17) is 4.74 Å². The fourth-order valence-electron chi connectivity index (χ4n) is 2.30. The first-order valence-electron chi connectivity index (χ1n) is 7.61. The van der Waals surface area contributed by atoms with Crippen LogP contribution in [0.15, 0.2) is 42.5 Å². The van der Waals surface area contributed by atoms with Crippen molar-refractivity contribution in [1.29, 1.82) is 0 Å². The molecule has 0 amide bonds. The number of hydrogen-bond acceptors (Lipinski definition) is 5. The van der Waals surface area contributed by atoms with Crippen LogP contribution in [0.2, 0.25) is 0 Å². The lowest BCUT2D eigenvalue weighted by Crippen LogP contribution is -2.08. The Hall–Kier alpha value is -3.09. The van der Waals surface area contributed by atoms with Gasteiger partial charge in [0.1, 0.15) is 5.78 Å². The summed E-state index contributed by atoms with van der Waals surface area (Å²) in [5.74, 6) is -1.54. The molecule has 0 aliphatic heterocycles. The third-order valence-corrected chi connectivity index (χ3v) is 3.47. The summed E-state index contributed by atoms with van der Waals surface area (Å²) in [6.45, 7) is 1.99. The minimum Gasteiger partial charge on any atom is -0.462 e. The van der Waals surface area contributed by atoms with Crippen molar-refractivity contribution in [2.24, 2.45) is 0 Å². The Morgan fingerprint density at radius 3 is 2.28 bits per heavy atom. The van der Waals surface area contributed by atoms with Gasteiger partial charge in [-0.15, -0.1) is 0 Å². The molecule has 0 heterocycles. The smallest absolute Gasteiger partial charge is 0.338 e. The van der Waals surface area contributed by atoms with Gasteiger partial charge in [-0.2, -0.15) is 4.39 Å². The molecule has 2 aromatic carbocycles. The molecule has 25 heavy (non-hydrogen) atoms. The minimum atomic E-state index is -0.934. The van der Waals surface area contributed by atoms with Crippen LogP contribution in [0.4, 0.5) is 10.1 Å². The van der Waals surface area contributed by atoms with Gasteiger partial charge in [0, 0.05) is 18.9 Å². The monoisotopic (exact) mass is 345 g/mol. The number of carbonyl (C=O) groups excluding carboxylic acids is 2. The summed E-state index contributed by atoms with van der Waals surface area (Å²) in [7, 11) is 0. The molecular weight excluding hydrogens is 329 g/mol. The second-order valence-electron chi connectivity index (χ2n) is 5.35. The van der Waals surface area contributed by atoms with Gasteiger partial charge in [-0.1, -0.05) is 18.2 Å². The fourth-order valence-corrected chi connectivity index (χ4v) is 2.30. The van der Waals surface area contributed by atoms with Crippen LogP contribution in [-0.4, -0.2) is 23.3 Å². The lowest BCUT2D eigenvalue weighted by Gasteiger charge is -2.05. The van der Waals surface area contributed by atoms with E-state index in [2.05, 4.69) is 0 Å². The number of nitrogens with zero attached hydrogens (tertiary/aromatic N) is 1. The van der Waals surface area contributed by atoms with Crippen LogP contribution in [0.3, 0.4) is 0 Å². The molecule has 0 aliphatic rings. The van der Waals surface area contributed by atoms with Gasteiger partial charge < -0.3 is 4.74 Å². The van der Waals surface area contributed by atoms with Crippen molar-refractivity contribution in [2.75, 3.05) is 6.61 Å². The molecule has 0 spiro atoms. The van der Waals surface area contributed by atoms with E-state index < -0.39 is 22.4 Å². The van der Waals surface area contributed by atoms with Gasteiger partial charge in [-0.3, -0.25) is 14.9 Å². The van der Waals surface area contributed by atoms with Crippen LogP contribution in [-0.2, 0) is 22.4 Å². The van der Waals surface area contributed by atoms with Crippen molar-refractivity contribution in [3.63, 3.8) is 0 Å². The van der Waals surface area contributed by atoms with Crippen LogP contribution >= 0.6 is 0 Å². The topological polar surface area (TPSA) is 86.5 Å². The highest BCUT2D eigenvalue weighted by molar-refractivity contribution is 5.89. The zero-order valence-electron chi connectivity index (χ0n) is 13.5. The highest BCUT2D eigenvalue weighted by Crippen LogP contribution is 2.19. The van der Waals surface area contributed by atoms with Gasteiger partial charge in [0.25, 0.3) is 0 Å². The van der Waals surface area contributed by atoms with Crippen LogP contribution in [0.5, 0.6) is 0 Å². The van der Waals surface area contributed by atoms with E-state index in [0.29, 0.717) is 16.7 Å². The van der Waals surface area contributed by atoms with Crippen molar-refractivity contribution in [2.45, 2.75) is 19.8 Å². The van der Waals surface area contributed by atoms with Crippen molar-refractivity contribution in [3.05, 3.63) is 75.1 Å². The molecular formula is C18H16FNO5. The van der Waals surface area contributed by atoms with Crippen LogP contribution < -0.4 is 0 Å². The number of ketones is 1. The lowest BCUT2D eigenvalue weighted by molar-refractivity contribution is -0.387. The maximum Gasteiger partial charge on any atom is 0.338 e. The van der Waals surface area contributed by atoms with Crippen molar-refractivity contribution in [3.8, 4) is 0 Å². The number of nitro groups is 1. The van der Waals surface area contributed by atoms with E-state index in [9.17, 15) is 24.1 Å². The minimum absolute atomic E-state index is 0.0409. The third-order valence-electron chi connectivity index (χ3n) is 3.47. The molecule has 2 rings (SSSR count). The van der Waals surface area contributed by atoms with Crippen molar-refractivity contribution in [1.82, 2.24) is 0 Å². The molecule has 0 aliphatic carbocycles. The molecule has 0 unspecified atom stereocenters. The average molecular weight is 345 g/mol. The molecule has 0 N–H and O–H groups in total. The van der Waals surface area contributed by atoms with E-state index >= 15 is 0 Å². The zero-order chi connectivity index (χ0) is 18.4. The predicted molar refractivity (Wildman–Crippen MR) is 87.9 cm³/mol. The highest BCUT2D eigenvalue weighted by atomic mass is 19.1.